The topological polar surface area (TPSA) is 86.8 Å². The van der Waals surface area contributed by atoms with Gasteiger partial charge in [-0.05, 0) is 65.7 Å². The maximum absolute atomic E-state index is 13.0. The first-order valence-electron chi connectivity index (χ1n) is 10.6. The minimum Gasteiger partial charge on any atom is -0.353 e. The van der Waals surface area contributed by atoms with Crippen LogP contribution in [-0.4, -0.2) is 64.0 Å². The Hall–Kier alpha value is -2.41. The molecule has 0 unspecified atom stereocenters. The third-order valence-electron chi connectivity index (χ3n) is 5.87. The van der Waals surface area contributed by atoms with Crippen LogP contribution in [-0.2, 0) is 4.79 Å². The number of likely N-dealkylation sites (tertiary alicyclic amines) is 1. The molecule has 1 N–H and O–H groups in total. The Morgan fingerprint density at radius 1 is 1.03 bits per heavy atom. The van der Waals surface area contributed by atoms with E-state index in [-0.39, 0.29) is 41.1 Å². The Labute approximate surface area is 188 Å². The number of amides is 4. The monoisotopic (exact) mass is 447 g/mol. The van der Waals surface area contributed by atoms with E-state index in [4.69, 9.17) is 11.6 Å². The van der Waals surface area contributed by atoms with Crippen molar-refractivity contribution in [2.75, 3.05) is 19.0 Å². The lowest BCUT2D eigenvalue weighted by molar-refractivity contribution is -0.129. The molecule has 1 fully saturated rings. The highest BCUT2D eigenvalue weighted by atomic mass is 35.5. The zero-order valence-electron chi connectivity index (χ0n) is 18.8. The number of carbonyl (C=O) groups excluding carboxylic acids is 4. The molecule has 0 atom stereocenters. The van der Waals surface area contributed by atoms with Gasteiger partial charge in [-0.2, -0.15) is 0 Å². The normalized spacial score (nSPS) is 17.7. The fraction of sp³-hybridized carbons (Fsp3) is 0.565. The van der Waals surface area contributed by atoms with Gasteiger partial charge in [-0.25, -0.2) is 0 Å². The Balaban J connectivity index is 1.67. The van der Waals surface area contributed by atoms with Gasteiger partial charge >= 0.3 is 0 Å². The van der Waals surface area contributed by atoms with Gasteiger partial charge in [0.05, 0.1) is 16.5 Å². The van der Waals surface area contributed by atoms with Crippen molar-refractivity contribution < 1.29 is 19.2 Å². The number of hydrogen-bond donors (Lipinski definition) is 1. The lowest BCUT2D eigenvalue weighted by Gasteiger charge is -2.34. The maximum Gasteiger partial charge on any atom is 0.262 e. The van der Waals surface area contributed by atoms with E-state index in [2.05, 4.69) is 5.32 Å². The van der Waals surface area contributed by atoms with Gasteiger partial charge in [0.15, 0.2) is 0 Å². The molecule has 2 heterocycles. The highest BCUT2D eigenvalue weighted by Crippen LogP contribution is 2.30. The molecule has 1 aromatic rings. The fourth-order valence-corrected chi connectivity index (χ4v) is 3.96. The van der Waals surface area contributed by atoms with Crippen LogP contribution in [0.3, 0.4) is 0 Å². The van der Waals surface area contributed by atoms with Gasteiger partial charge in [-0.15, -0.1) is 11.6 Å². The number of imide groups is 1. The van der Waals surface area contributed by atoms with Gasteiger partial charge in [0.1, 0.15) is 0 Å². The number of fused-ring (bicyclic) bond motifs is 1. The summed E-state index contributed by atoms with van der Waals surface area (Å²) in [5.41, 5.74) is -0.275. The number of carbonyl (C=O) groups is 4. The van der Waals surface area contributed by atoms with Crippen LogP contribution in [0.1, 0.15) is 78.5 Å². The fourth-order valence-electron chi connectivity index (χ4n) is 3.83. The number of piperidine rings is 1. The molecule has 4 amide bonds. The third kappa shape index (κ3) is 4.47. The maximum atomic E-state index is 13.0. The second kappa shape index (κ2) is 8.26. The summed E-state index contributed by atoms with van der Waals surface area (Å²) in [6.07, 6.45) is 1.30. The van der Waals surface area contributed by atoms with E-state index in [9.17, 15) is 19.2 Å². The molecule has 0 aromatic heterocycles. The van der Waals surface area contributed by atoms with Gasteiger partial charge in [0.2, 0.25) is 5.91 Å². The summed E-state index contributed by atoms with van der Waals surface area (Å²) in [6, 6.07) is 4.70. The van der Waals surface area contributed by atoms with Gasteiger partial charge < -0.3 is 10.2 Å². The number of alkyl halides is 1. The molecule has 2 aliphatic heterocycles. The summed E-state index contributed by atoms with van der Waals surface area (Å²) in [7, 11) is 0. The summed E-state index contributed by atoms with van der Waals surface area (Å²) in [6.45, 7) is 10.0. The number of hydrogen-bond acceptors (Lipinski definition) is 4. The van der Waals surface area contributed by atoms with Crippen molar-refractivity contribution >= 4 is 35.2 Å². The summed E-state index contributed by atoms with van der Waals surface area (Å²) in [4.78, 5) is 53.7. The van der Waals surface area contributed by atoms with Gasteiger partial charge in [0.25, 0.3) is 17.7 Å². The first-order valence-corrected chi connectivity index (χ1v) is 11.1. The molecular weight excluding hydrogens is 418 g/mol. The smallest absolute Gasteiger partial charge is 0.262 e. The van der Waals surface area contributed by atoms with Crippen molar-refractivity contribution in [2.24, 2.45) is 5.41 Å². The van der Waals surface area contributed by atoms with Crippen molar-refractivity contribution in [1.29, 1.82) is 0 Å². The number of nitrogens with one attached hydrogen (secondary N) is 1. The second-order valence-corrected chi connectivity index (χ2v) is 10.2. The largest absolute Gasteiger partial charge is 0.353 e. The highest BCUT2D eigenvalue weighted by molar-refractivity contribution is 6.22. The van der Waals surface area contributed by atoms with Gasteiger partial charge in [-0.3, -0.25) is 24.1 Å². The predicted octanol–water partition coefficient (Wildman–Crippen LogP) is 3.07. The van der Waals surface area contributed by atoms with E-state index in [0.717, 1.165) is 0 Å². The number of halogens is 1. The van der Waals surface area contributed by atoms with Crippen LogP contribution in [0.5, 0.6) is 0 Å². The summed E-state index contributed by atoms with van der Waals surface area (Å²) < 4.78 is 0. The van der Waals surface area contributed by atoms with Crippen LogP contribution in [0.4, 0.5) is 0 Å². The minimum atomic E-state index is -0.637. The molecule has 0 aliphatic carbocycles. The number of benzene rings is 1. The van der Waals surface area contributed by atoms with E-state index in [1.54, 1.807) is 51.7 Å². The zero-order valence-corrected chi connectivity index (χ0v) is 19.5. The SMILES string of the molecule is CC(C)(CCl)C(=O)NC1CCN(C(=O)c2ccc3c(c2)C(=O)N(C(C)(C)C)C3=O)CC1. The average Bonchev–Trinajstić information content (AvgIpc) is 2.97. The lowest BCUT2D eigenvalue weighted by Crippen LogP contribution is -2.49. The van der Waals surface area contributed by atoms with Crippen LogP contribution >= 0.6 is 11.6 Å². The van der Waals surface area contributed by atoms with Crippen molar-refractivity contribution in [3.05, 3.63) is 34.9 Å². The van der Waals surface area contributed by atoms with Crippen molar-refractivity contribution in [3.8, 4) is 0 Å². The van der Waals surface area contributed by atoms with Crippen LogP contribution in [0.25, 0.3) is 0 Å². The quantitative estimate of drug-likeness (QED) is 0.567. The summed E-state index contributed by atoms with van der Waals surface area (Å²) in [5, 5.41) is 3.02. The molecule has 0 radical (unpaired) electrons. The Bertz CT molecular complexity index is 927. The molecule has 7 nitrogen and oxygen atoms in total. The van der Waals surface area contributed by atoms with Crippen molar-refractivity contribution in [3.63, 3.8) is 0 Å². The molecule has 168 valence electrons. The van der Waals surface area contributed by atoms with Crippen molar-refractivity contribution in [1.82, 2.24) is 15.1 Å². The molecule has 8 heteroatoms. The lowest BCUT2D eigenvalue weighted by atomic mass is 9.93. The summed E-state index contributed by atoms with van der Waals surface area (Å²) in [5.74, 6) is -0.725. The van der Waals surface area contributed by atoms with E-state index in [1.807, 2.05) is 0 Å². The Morgan fingerprint density at radius 3 is 2.16 bits per heavy atom. The molecule has 3 rings (SSSR count). The molecule has 0 spiro atoms. The van der Waals surface area contributed by atoms with Crippen LogP contribution < -0.4 is 5.32 Å². The Kier molecular flexibility index (Phi) is 6.20. The molecule has 31 heavy (non-hydrogen) atoms. The summed E-state index contributed by atoms with van der Waals surface area (Å²) >= 11 is 5.87. The minimum absolute atomic E-state index is 0.00129. The van der Waals surface area contributed by atoms with Crippen molar-refractivity contribution in [2.45, 2.75) is 59.0 Å². The predicted molar refractivity (Wildman–Crippen MR) is 118 cm³/mol. The van der Waals surface area contributed by atoms with Crippen LogP contribution in [0.15, 0.2) is 18.2 Å². The molecule has 2 aliphatic rings. The first kappa shape index (κ1) is 23.3. The number of nitrogens with zero attached hydrogens (tertiary/aromatic N) is 2. The first-order chi connectivity index (χ1) is 14.4. The molecule has 0 saturated carbocycles. The highest BCUT2D eigenvalue weighted by Gasteiger charge is 2.42. The molecular formula is C23H30ClN3O4. The van der Waals surface area contributed by atoms with E-state index < -0.39 is 11.0 Å². The zero-order chi connectivity index (χ0) is 23.1. The van der Waals surface area contributed by atoms with Gasteiger partial charge in [-0.1, -0.05) is 0 Å². The van der Waals surface area contributed by atoms with Crippen LogP contribution in [0.2, 0.25) is 0 Å². The molecule has 1 saturated heterocycles. The Morgan fingerprint density at radius 2 is 1.61 bits per heavy atom. The van der Waals surface area contributed by atoms with Gasteiger partial charge in [0, 0.05) is 36.1 Å². The number of rotatable bonds is 4. The van der Waals surface area contributed by atoms with E-state index in [0.29, 0.717) is 37.1 Å². The third-order valence-corrected chi connectivity index (χ3v) is 6.54. The van der Waals surface area contributed by atoms with E-state index >= 15 is 0 Å². The van der Waals surface area contributed by atoms with Crippen LogP contribution in [0, 0.1) is 5.41 Å². The van der Waals surface area contributed by atoms with E-state index in [1.165, 1.54) is 11.0 Å². The molecule has 1 aromatic carbocycles. The standard InChI is InChI=1S/C23H30ClN3O4/c1-22(2,3)27-19(29)16-7-6-14(12-17(16)20(27)30)18(28)26-10-8-15(9-11-26)25-21(31)23(4,5)13-24/h6-7,12,15H,8-11,13H2,1-5H3,(H,25,31). The molecule has 0 bridgehead atoms. The average molecular weight is 448 g/mol. The second-order valence-electron chi connectivity index (χ2n) is 9.93.